The SMILES string of the molecule is O=C1C(=O)N(CCCN2CCOCC2)[C@@H](c2ccccn2)C1=C(O)c1ccccc1. The first kappa shape index (κ1) is 20.3. The van der Waals surface area contributed by atoms with Crippen LogP contribution in [0.2, 0.25) is 0 Å². The zero-order valence-corrected chi connectivity index (χ0v) is 16.7. The van der Waals surface area contributed by atoms with Gasteiger partial charge >= 0.3 is 0 Å². The molecule has 0 radical (unpaired) electrons. The number of benzene rings is 1. The van der Waals surface area contributed by atoms with Crippen molar-refractivity contribution in [2.45, 2.75) is 12.5 Å². The van der Waals surface area contributed by atoms with Crippen molar-refractivity contribution in [1.29, 1.82) is 0 Å². The molecule has 1 atom stereocenters. The number of hydrogen-bond donors (Lipinski definition) is 1. The molecular formula is C23H25N3O4. The number of aliphatic hydroxyl groups is 1. The summed E-state index contributed by atoms with van der Waals surface area (Å²) in [7, 11) is 0. The van der Waals surface area contributed by atoms with Crippen molar-refractivity contribution in [1.82, 2.24) is 14.8 Å². The molecule has 1 amide bonds. The molecule has 0 bridgehead atoms. The van der Waals surface area contributed by atoms with Crippen molar-refractivity contribution in [2.24, 2.45) is 0 Å². The lowest BCUT2D eigenvalue weighted by molar-refractivity contribution is -0.140. The van der Waals surface area contributed by atoms with E-state index in [-0.39, 0.29) is 11.3 Å². The van der Waals surface area contributed by atoms with E-state index in [9.17, 15) is 14.7 Å². The fourth-order valence-corrected chi connectivity index (χ4v) is 4.00. The number of aromatic nitrogens is 1. The van der Waals surface area contributed by atoms with Crippen LogP contribution in [-0.4, -0.2) is 71.0 Å². The van der Waals surface area contributed by atoms with Crippen LogP contribution < -0.4 is 0 Å². The lowest BCUT2D eigenvalue weighted by Crippen LogP contribution is -2.39. The maximum absolute atomic E-state index is 12.9. The third kappa shape index (κ3) is 4.13. The van der Waals surface area contributed by atoms with E-state index in [0.29, 0.717) is 17.8 Å². The average Bonchev–Trinajstić information content (AvgIpc) is 3.05. The van der Waals surface area contributed by atoms with E-state index in [4.69, 9.17) is 4.74 Å². The predicted octanol–water partition coefficient (Wildman–Crippen LogP) is 2.23. The molecule has 1 aromatic carbocycles. The van der Waals surface area contributed by atoms with Crippen molar-refractivity contribution in [3.63, 3.8) is 0 Å². The van der Waals surface area contributed by atoms with E-state index in [1.165, 1.54) is 0 Å². The highest BCUT2D eigenvalue weighted by Crippen LogP contribution is 2.38. The highest BCUT2D eigenvalue weighted by molar-refractivity contribution is 6.46. The summed E-state index contributed by atoms with van der Waals surface area (Å²) in [5, 5.41) is 10.9. The van der Waals surface area contributed by atoms with Crippen LogP contribution >= 0.6 is 0 Å². The van der Waals surface area contributed by atoms with Gasteiger partial charge in [0.05, 0.1) is 24.5 Å². The molecule has 2 aromatic rings. The minimum atomic E-state index is -0.698. The second-order valence-electron chi connectivity index (χ2n) is 7.42. The van der Waals surface area contributed by atoms with Gasteiger partial charge in [-0.15, -0.1) is 0 Å². The molecule has 4 rings (SSSR count). The van der Waals surface area contributed by atoms with Gasteiger partial charge in [-0.1, -0.05) is 36.4 Å². The Labute approximate surface area is 175 Å². The lowest BCUT2D eigenvalue weighted by atomic mass is 9.98. The molecule has 1 aromatic heterocycles. The summed E-state index contributed by atoms with van der Waals surface area (Å²) < 4.78 is 5.37. The minimum absolute atomic E-state index is 0.0938. The summed E-state index contributed by atoms with van der Waals surface area (Å²) in [4.78, 5) is 34.0. The fourth-order valence-electron chi connectivity index (χ4n) is 4.00. The summed E-state index contributed by atoms with van der Waals surface area (Å²) in [5.74, 6) is -1.43. The number of nitrogens with zero attached hydrogens (tertiary/aromatic N) is 3. The first-order chi connectivity index (χ1) is 14.7. The van der Waals surface area contributed by atoms with Gasteiger partial charge < -0.3 is 14.7 Å². The number of aliphatic hydroxyl groups excluding tert-OH is 1. The zero-order chi connectivity index (χ0) is 20.9. The molecular weight excluding hydrogens is 382 g/mol. The fraction of sp³-hybridized carbons (Fsp3) is 0.348. The zero-order valence-electron chi connectivity index (χ0n) is 16.7. The molecule has 3 heterocycles. The van der Waals surface area contributed by atoms with Crippen LogP contribution in [0.5, 0.6) is 0 Å². The normalized spacial score (nSPS) is 21.9. The number of ether oxygens (including phenoxy) is 1. The number of hydrogen-bond acceptors (Lipinski definition) is 6. The number of carbonyl (C=O) groups is 2. The van der Waals surface area contributed by atoms with Crippen molar-refractivity contribution in [2.75, 3.05) is 39.4 Å². The Balaban J connectivity index is 1.63. The maximum atomic E-state index is 12.9. The summed E-state index contributed by atoms with van der Waals surface area (Å²) in [5.41, 5.74) is 1.17. The number of rotatable bonds is 6. The molecule has 0 spiro atoms. The summed E-state index contributed by atoms with van der Waals surface area (Å²) >= 11 is 0. The first-order valence-electron chi connectivity index (χ1n) is 10.2. The molecule has 2 saturated heterocycles. The Hall–Kier alpha value is -3.03. The lowest BCUT2D eigenvalue weighted by Gasteiger charge is -2.28. The summed E-state index contributed by atoms with van der Waals surface area (Å²) in [6.07, 6.45) is 2.35. The van der Waals surface area contributed by atoms with Gasteiger partial charge in [0.15, 0.2) is 0 Å². The van der Waals surface area contributed by atoms with Crippen LogP contribution in [0.1, 0.15) is 23.7 Å². The van der Waals surface area contributed by atoms with Crippen molar-refractivity contribution < 1.29 is 19.4 Å². The van der Waals surface area contributed by atoms with Gasteiger partial charge in [0.25, 0.3) is 11.7 Å². The van der Waals surface area contributed by atoms with E-state index in [0.717, 1.165) is 39.3 Å². The molecule has 2 aliphatic heterocycles. The monoisotopic (exact) mass is 407 g/mol. The smallest absolute Gasteiger partial charge is 0.295 e. The molecule has 0 saturated carbocycles. The number of amides is 1. The van der Waals surface area contributed by atoms with E-state index in [1.54, 1.807) is 47.5 Å². The van der Waals surface area contributed by atoms with Crippen molar-refractivity contribution in [3.8, 4) is 0 Å². The first-order valence-corrected chi connectivity index (χ1v) is 10.2. The number of likely N-dealkylation sites (tertiary alicyclic amines) is 1. The molecule has 2 fully saturated rings. The maximum Gasteiger partial charge on any atom is 0.295 e. The van der Waals surface area contributed by atoms with Gasteiger partial charge in [0.2, 0.25) is 0 Å². The van der Waals surface area contributed by atoms with Crippen LogP contribution in [0.15, 0.2) is 60.3 Å². The van der Waals surface area contributed by atoms with Gasteiger partial charge in [-0.2, -0.15) is 0 Å². The molecule has 0 unspecified atom stereocenters. The van der Waals surface area contributed by atoms with Gasteiger partial charge in [0, 0.05) is 37.9 Å². The van der Waals surface area contributed by atoms with E-state index in [2.05, 4.69) is 9.88 Å². The van der Waals surface area contributed by atoms with Crippen LogP contribution in [-0.2, 0) is 14.3 Å². The molecule has 2 aliphatic rings. The minimum Gasteiger partial charge on any atom is -0.507 e. The van der Waals surface area contributed by atoms with Crippen LogP contribution in [0.3, 0.4) is 0 Å². The van der Waals surface area contributed by atoms with Crippen LogP contribution in [0.4, 0.5) is 0 Å². The van der Waals surface area contributed by atoms with Gasteiger partial charge in [-0.3, -0.25) is 19.5 Å². The molecule has 0 aliphatic carbocycles. The Morgan fingerprint density at radius 1 is 1.03 bits per heavy atom. The van der Waals surface area contributed by atoms with Crippen molar-refractivity contribution in [3.05, 3.63) is 71.6 Å². The number of ketones is 1. The van der Waals surface area contributed by atoms with Crippen LogP contribution in [0, 0.1) is 0 Å². The largest absolute Gasteiger partial charge is 0.507 e. The van der Waals surface area contributed by atoms with E-state index >= 15 is 0 Å². The standard InChI is InChI=1S/C23H25N3O4/c27-21(17-7-2-1-3-8-17)19-20(18-9-4-5-10-24-18)26(23(29)22(19)28)12-6-11-25-13-15-30-16-14-25/h1-5,7-10,20,27H,6,11-16H2/t20-/m0/s1. The Morgan fingerprint density at radius 3 is 2.47 bits per heavy atom. The third-order valence-corrected chi connectivity index (χ3v) is 5.53. The second kappa shape index (κ2) is 9.19. The average molecular weight is 407 g/mol. The highest BCUT2D eigenvalue weighted by atomic mass is 16.5. The van der Waals surface area contributed by atoms with Gasteiger partial charge in [-0.25, -0.2) is 0 Å². The Morgan fingerprint density at radius 2 is 1.77 bits per heavy atom. The highest BCUT2D eigenvalue weighted by Gasteiger charge is 2.46. The quantitative estimate of drug-likeness (QED) is 0.449. The van der Waals surface area contributed by atoms with Gasteiger partial charge in [0.1, 0.15) is 11.8 Å². The molecule has 7 heteroatoms. The predicted molar refractivity (Wildman–Crippen MR) is 112 cm³/mol. The topological polar surface area (TPSA) is 83.0 Å². The second-order valence-corrected chi connectivity index (χ2v) is 7.42. The van der Waals surface area contributed by atoms with E-state index in [1.807, 2.05) is 12.1 Å². The van der Waals surface area contributed by atoms with E-state index < -0.39 is 17.7 Å². The van der Waals surface area contributed by atoms with Gasteiger partial charge in [-0.05, 0) is 18.6 Å². The molecule has 156 valence electrons. The third-order valence-electron chi connectivity index (χ3n) is 5.53. The number of Topliss-reactive ketones (excluding diaryl/α,β-unsaturated/α-hetero) is 1. The molecule has 1 N–H and O–H groups in total. The molecule has 7 nitrogen and oxygen atoms in total. The Bertz CT molecular complexity index is 924. The van der Waals surface area contributed by atoms with Crippen LogP contribution in [0.25, 0.3) is 5.76 Å². The van der Waals surface area contributed by atoms with Crippen molar-refractivity contribution >= 4 is 17.4 Å². The Kier molecular flexibility index (Phi) is 6.21. The number of pyridine rings is 1. The number of carbonyl (C=O) groups excluding carboxylic acids is 2. The number of morpholine rings is 1. The summed E-state index contributed by atoms with van der Waals surface area (Å²) in [6.45, 7) is 4.41. The molecule has 30 heavy (non-hydrogen) atoms. The summed E-state index contributed by atoms with van der Waals surface area (Å²) in [6, 6.07) is 13.5.